The van der Waals surface area contributed by atoms with Gasteiger partial charge in [-0.2, -0.15) is 0 Å². The summed E-state index contributed by atoms with van der Waals surface area (Å²) in [5.74, 6) is 0.951. The van der Waals surface area contributed by atoms with Crippen molar-refractivity contribution in [2.24, 2.45) is 0 Å². The molecule has 22 heavy (non-hydrogen) atoms. The van der Waals surface area contributed by atoms with Crippen molar-refractivity contribution in [3.63, 3.8) is 0 Å². The molecule has 1 aliphatic heterocycles. The van der Waals surface area contributed by atoms with E-state index < -0.39 is 0 Å². The van der Waals surface area contributed by atoms with Crippen molar-refractivity contribution in [1.29, 1.82) is 0 Å². The van der Waals surface area contributed by atoms with E-state index >= 15 is 0 Å². The number of hydrogen-bond donors (Lipinski definition) is 0. The second kappa shape index (κ2) is 7.03. The van der Waals surface area contributed by atoms with Crippen molar-refractivity contribution in [2.75, 3.05) is 26.2 Å². The predicted molar refractivity (Wildman–Crippen MR) is 85.4 cm³/mol. The first-order chi connectivity index (χ1) is 10.7. The van der Waals surface area contributed by atoms with Crippen LogP contribution >= 0.6 is 0 Å². The van der Waals surface area contributed by atoms with Gasteiger partial charge in [0.2, 0.25) is 0 Å². The Morgan fingerprint density at radius 2 is 1.82 bits per heavy atom. The van der Waals surface area contributed by atoms with Gasteiger partial charge in [-0.15, -0.1) is 0 Å². The van der Waals surface area contributed by atoms with Crippen LogP contribution in [0, 0.1) is 13.8 Å². The summed E-state index contributed by atoms with van der Waals surface area (Å²) in [6.45, 7) is 10.3. The largest absolute Gasteiger partial charge is 0.361 e. The van der Waals surface area contributed by atoms with E-state index in [2.05, 4.69) is 32.1 Å². The van der Waals surface area contributed by atoms with Crippen LogP contribution in [0.25, 0.3) is 0 Å². The third-order valence-electron chi connectivity index (χ3n) is 4.36. The Kier molecular flexibility index (Phi) is 4.85. The second-order valence-electron chi connectivity index (χ2n) is 6.03. The number of pyridine rings is 1. The number of rotatable bonds is 4. The fourth-order valence-corrected chi connectivity index (χ4v) is 3.01. The molecule has 1 fully saturated rings. The van der Waals surface area contributed by atoms with Crippen molar-refractivity contribution >= 4 is 0 Å². The Balaban J connectivity index is 1.56. The van der Waals surface area contributed by atoms with Gasteiger partial charge in [0, 0.05) is 37.9 Å². The predicted octanol–water partition coefficient (Wildman–Crippen LogP) is 2.39. The van der Waals surface area contributed by atoms with E-state index in [1.165, 1.54) is 12.0 Å². The molecule has 3 rings (SSSR count). The van der Waals surface area contributed by atoms with Gasteiger partial charge in [-0.25, -0.2) is 0 Å². The maximum atomic E-state index is 5.27. The van der Waals surface area contributed by atoms with Gasteiger partial charge in [-0.1, -0.05) is 11.2 Å². The summed E-state index contributed by atoms with van der Waals surface area (Å²) in [5.41, 5.74) is 3.42. The van der Waals surface area contributed by atoms with E-state index in [1.54, 1.807) is 0 Å². The van der Waals surface area contributed by atoms with Crippen LogP contribution in [0.1, 0.15) is 29.1 Å². The van der Waals surface area contributed by atoms with E-state index in [1.807, 2.05) is 26.1 Å². The minimum absolute atomic E-state index is 0.943. The highest BCUT2D eigenvalue weighted by Crippen LogP contribution is 2.16. The summed E-state index contributed by atoms with van der Waals surface area (Å²) < 4.78 is 5.27. The molecule has 0 amide bonds. The average Bonchev–Trinajstić information content (AvgIpc) is 2.73. The molecule has 0 radical (unpaired) electrons. The number of hydrogen-bond acceptors (Lipinski definition) is 5. The Labute approximate surface area is 131 Å². The first-order valence-electron chi connectivity index (χ1n) is 7.99. The molecule has 2 aromatic rings. The molecule has 0 N–H and O–H groups in total. The maximum Gasteiger partial charge on any atom is 0.138 e. The van der Waals surface area contributed by atoms with Crippen LogP contribution < -0.4 is 0 Å². The third kappa shape index (κ3) is 3.72. The fraction of sp³-hybridized carbons (Fsp3) is 0.529. The molecule has 3 heterocycles. The molecule has 0 unspecified atom stereocenters. The molecular weight excluding hydrogens is 276 g/mol. The standard InChI is InChI=1S/C17H24N4O/c1-14-17(15(2)22-19-14)13-21-9-5-8-20(10-11-21)12-16-6-3-4-7-18-16/h3-4,6-7H,5,8-13H2,1-2H3. The zero-order valence-corrected chi connectivity index (χ0v) is 13.5. The third-order valence-corrected chi connectivity index (χ3v) is 4.36. The molecule has 2 aromatic heterocycles. The van der Waals surface area contributed by atoms with Gasteiger partial charge in [-0.3, -0.25) is 14.8 Å². The first-order valence-corrected chi connectivity index (χ1v) is 7.99. The van der Waals surface area contributed by atoms with Crippen LogP contribution in [0.15, 0.2) is 28.9 Å². The molecular formula is C17H24N4O. The topological polar surface area (TPSA) is 45.4 Å². The summed E-state index contributed by atoms with van der Waals surface area (Å²) in [6, 6.07) is 6.13. The SMILES string of the molecule is Cc1noc(C)c1CN1CCCN(Cc2ccccn2)CC1. The van der Waals surface area contributed by atoms with E-state index in [9.17, 15) is 0 Å². The van der Waals surface area contributed by atoms with Crippen molar-refractivity contribution in [3.8, 4) is 0 Å². The number of nitrogens with zero attached hydrogens (tertiary/aromatic N) is 4. The number of aryl methyl sites for hydroxylation is 2. The monoisotopic (exact) mass is 300 g/mol. The van der Waals surface area contributed by atoms with Crippen LogP contribution in [0.2, 0.25) is 0 Å². The van der Waals surface area contributed by atoms with Crippen molar-refractivity contribution < 1.29 is 4.52 Å². The van der Waals surface area contributed by atoms with Crippen molar-refractivity contribution in [1.82, 2.24) is 19.9 Å². The Morgan fingerprint density at radius 1 is 1.05 bits per heavy atom. The second-order valence-corrected chi connectivity index (χ2v) is 6.03. The molecule has 0 aromatic carbocycles. The molecule has 0 spiro atoms. The van der Waals surface area contributed by atoms with Crippen LogP contribution in [0.4, 0.5) is 0 Å². The molecule has 0 aliphatic carbocycles. The summed E-state index contributed by atoms with van der Waals surface area (Å²) in [7, 11) is 0. The Morgan fingerprint density at radius 3 is 2.45 bits per heavy atom. The quantitative estimate of drug-likeness (QED) is 0.867. The zero-order valence-electron chi connectivity index (χ0n) is 13.5. The lowest BCUT2D eigenvalue weighted by Crippen LogP contribution is -2.30. The fourth-order valence-electron chi connectivity index (χ4n) is 3.01. The lowest BCUT2D eigenvalue weighted by atomic mass is 10.2. The molecule has 1 saturated heterocycles. The van der Waals surface area contributed by atoms with Crippen LogP contribution in [0.3, 0.4) is 0 Å². The normalized spacial score (nSPS) is 17.5. The summed E-state index contributed by atoms with van der Waals surface area (Å²) in [5, 5.41) is 4.06. The summed E-state index contributed by atoms with van der Waals surface area (Å²) in [4.78, 5) is 9.43. The van der Waals surface area contributed by atoms with E-state index in [0.29, 0.717) is 0 Å². The average molecular weight is 300 g/mol. The minimum atomic E-state index is 0.943. The van der Waals surface area contributed by atoms with Gasteiger partial charge in [0.05, 0.1) is 11.4 Å². The van der Waals surface area contributed by atoms with Crippen LogP contribution in [0.5, 0.6) is 0 Å². The van der Waals surface area contributed by atoms with Gasteiger partial charge in [0.25, 0.3) is 0 Å². The molecule has 1 aliphatic rings. The molecule has 5 heteroatoms. The van der Waals surface area contributed by atoms with Crippen LogP contribution in [-0.4, -0.2) is 46.1 Å². The minimum Gasteiger partial charge on any atom is -0.361 e. The summed E-state index contributed by atoms with van der Waals surface area (Å²) in [6.07, 6.45) is 3.06. The van der Waals surface area contributed by atoms with E-state index in [-0.39, 0.29) is 0 Å². The lowest BCUT2D eigenvalue weighted by molar-refractivity contribution is 0.244. The lowest BCUT2D eigenvalue weighted by Gasteiger charge is -2.21. The Bertz CT molecular complexity index is 576. The zero-order chi connectivity index (χ0) is 15.4. The molecule has 0 saturated carbocycles. The van der Waals surface area contributed by atoms with Gasteiger partial charge < -0.3 is 4.52 Å². The summed E-state index contributed by atoms with van der Waals surface area (Å²) >= 11 is 0. The smallest absolute Gasteiger partial charge is 0.138 e. The molecule has 0 atom stereocenters. The molecule has 5 nitrogen and oxygen atoms in total. The van der Waals surface area contributed by atoms with Gasteiger partial charge in [0.15, 0.2) is 0 Å². The van der Waals surface area contributed by atoms with Crippen molar-refractivity contribution in [2.45, 2.75) is 33.4 Å². The molecule has 118 valence electrons. The van der Waals surface area contributed by atoms with E-state index in [4.69, 9.17) is 4.52 Å². The highest BCUT2D eigenvalue weighted by Gasteiger charge is 2.18. The Hall–Kier alpha value is -1.72. The van der Waals surface area contributed by atoms with Gasteiger partial charge in [0.1, 0.15) is 5.76 Å². The highest BCUT2D eigenvalue weighted by atomic mass is 16.5. The highest BCUT2D eigenvalue weighted by molar-refractivity contribution is 5.20. The maximum absolute atomic E-state index is 5.27. The first kappa shape index (κ1) is 15.2. The van der Waals surface area contributed by atoms with Gasteiger partial charge in [-0.05, 0) is 45.5 Å². The van der Waals surface area contributed by atoms with Gasteiger partial charge >= 0.3 is 0 Å². The number of aromatic nitrogens is 2. The van der Waals surface area contributed by atoms with Crippen LogP contribution in [-0.2, 0) is 13.1 Å². The van der Waals surface area contributed by atoms with Crippen molar-refractivity contribution in [3.05, 3.63) is 47.1 Å². The van der Waals surface area contributed by atoms with E-state index in [0.717, 1.165) is 56.4 Å². The molecule has 0 bridgehead atoms.